The van der Waals surface area contributed by atoms with E-state index >= 15 is 0 Å². The first kappa shape index (κ1) is 21.1. The van der Waals surface area contributed by atoms with Crippen molar-refractivity contribution in [3.63, 3.8) is 0 Å². The van der Waals surface area contributed by atoms with E-state index in [0.29, 0.717) is 36.6 Å². The molecule has 9 heteroatoms. The summed E-state index contributed by atoms with van der Waals surface area (Å²) < 4.78 is 16.1. The Hall–Kier alpha value is -4.14. The van der Waals surface area contributed by atoms with Crippen molar-refractivity contribution in [3.8, 4) is 5.75 Å². The summed E-state index contributed by atoms with van der Waals surface area (Å²) in [6, 6.07) is 16.6. The highest BCUT2D eigenvalue weighted by Crippen LogP contribution is 2.30. The summed E-state index contributed by atoms with van der Waals surface area (Å²) in [4.78, 5) is 36.9. The van der Waals surface area contributed by atoms with Gasteiger partial charge in [0, 0.05) is 24.4 Å². The topological polar surface area (TPSA) is 112 Å². The van der Waals surface area contributed by atoms with Gasteiger partial charge in [-0.1, -0.05) is 18.2 Å². The quantitative estimate of drug-likeness (QED) is 0.314. The molecule has 0 N–H and O–H groups in total. The van der Waals surface area contributed by atoms with E-state index in [1.807, 2.05) is 18.2 Å². The lowest BCUT2D eigenvalue weighted by Crippen LogP contribution is -2.38. The number of esters is 1. The van der Waals surface area contributed by atoms with Crippen LogP contribution in [0.3, 0.4) is 0 Å². The number of aryl methyl sites for hydroxylation is 1. The molecule has 0 fully saturated rings. The molecule has 1 aliphatic rings. The Bertz CT molecular complexity index is 1140. The molecule has 4 rings (SSSR count). The molecule has 0 spiro atoms. The Morgan fingerprint density at radius 2 is 1.91 bits per heavy atom. The molecule has 0 saturated carbocycles. The van der Waals surface area contributed by atoms with Crippen LogP contribution in [0.1, 0.15) is 28.3 Å². The number of para-hydroxylation sites is 1. The largest absolute Gasteiger partial charge is 0.486 e. The number of nitro groups is 1. The highest BCUT2D eigenvalue weighted by atomic mass is 16.6. The van der Waals surface area contributed by atoms with Crippen molar-refractivity contribution in [2.45, 2.75) is 19.4 Å². The third kappa shape index (κ3) is 4.77. The molecule has 1 aliphatic heterocycles. The molecule has 0 aliphatic carbocycles. The normalized spacial score (nSPS) is 12.7. The van der Waals surface area contributed by atoms with E-state index in [1.165, 1.54) is 23.1 Å². The number of carbonyl (C=O) groups is 2. The molecule has 1 amide bonds. The van der Waals surface area contributed by atoms with Gasteiger partial charge in [0.05, 0.1) is 4.92 Å². The number of nitrogens with zero attached hydrogens (tertiary/aromatic N) is 2. The maximum atomic E-state index is 12.6. The Labute approximate surface area is 183 Å². The van der Waals surface area contributed by atoms with E-state index in [-0.39, 0.29) is 18.1 Å². The summed E-state index contributed by atoms with van der Waals surface area (Å²) in [7, 11) is 0. The van der Waals surface area contributed by atoms with E-state index in [9.17, 15) is 19.7 Å². The van der Waals surface area contributed by atoms with Crippen LogP contribution in [-0.2, 0) is 22.6 Å². The minimum Gasteiger partial charge on any atom is -0.486 e. The third-order valence-corrected chi connectivity index (χ3v) is 5.01. The molecule has 0 bridgehead atoms. The highest BCUT2D eigenvalue weighted by molar-refractivity contribution is 5.97. The first-order valence-electron chi connectivity index (χ1n) is 10.0. The van der Waals surface area contributed by atoms with Gasteiger partial charge < -0.3 is 18.8 Å². The predicted molar refractivity (Wildman–Crippen MR) is 114 cm³/mol. The Morgan fingerprint density at radius 1 is 1.09 bits per heavy atom. The van der Waals surface area contributed by atoms with Gasteiger partial charge in [0.2, 0.25) is 5.76 Å². The van der Waals surface area contributed by atoms with Gasteiger partial charge in [-0.15, -0.1) is 0 Å². The van der Waals surface area contributed by atoms with Gasteiger partial charge in [0.1, 0.15) is 18.1 Å². The van der Waals surface area contributed by atoms with Crippen LogP contribution in [0, 0.1) is 10.1 Å². The van der Waals surface area contributed by atoms with Crippen molar-refractivity contribution in [2.24, 2.45) is 0 Å². The number of furan rings is 1. The summed E-state index contributed by atoms with van der Waals surface area (Å²) in [5.41, 5.74) is 1.30. The summed E-state index contributed by atoms with van der Waals surface area (Å²) >= 11 is 0. The van der Waals surface area contributed by atoms with Gasteiger partial charge in [-0.05, 0) is 48.7 Å². The van der Waals surface area contributed by atoms with Gasteiger partial charge in [0.15, 0.2) is 6.61 Å². The smallest absolute Gasteiger partial charge is 0.374 e. The first-order valence-corrected chi connectivity index (χ1v) is 10.0. The van der Waals surface area contributed by atoms with Crippen LogP contribution >= 0.6 is 0 Å². The van der Waals surface area contributed by atoms with Gasteiger partial charge in [-0.2, -0.15) is 0 Å². The molecule has 0 saturated heterocycles. The molecule has 3 aromatic rings. The standard InChI is InChI=1S/C23H20N2O7/c26-22(24-12-4-5-16-13-17(25(28)29)8-10-20(16)24)15-31-23(27)21-11-9-19(32-21)14-30-18-6-2-1-3-7-18/h1-3,6-11,13H,4-5,12,14-15H2. The molecular formula is C23H20N2O7. The maximum absolute atomic E-state index is 12.6. The molecule has 1 aromatic heterocycles. The molecule has 0 radical (unpaired) electrons. The van der Waals surface area contributed by atoms with E-state index < -0.39 is 23.4 Å². The van der Waals surface area contributed by atoms with Crippen LogP contribution in [0.15, 0.2) is 65.1 Å². The van der Waals surface area contributed by atoms with Crippen LogP contribution < -0.4 is 9.64 Å². The summed E-state index contributed by atoms with van der Waals surface area (Å²) in [5, 5.41) is 11.0. The van der Waals surface area contributed by atoms with Crippen LogP contribution in [-0.4, -0.2) is 30.0 Å². The second-order valence-electron chi connectivity index (χ2n) is 7.16. The number of hydrogen-bond acceptors (Lipinski definition) is 7. The lowest BCUT2D eigenvalue weighted by atomic mass is 10.0. The SMILES string of the molecule is O=C(OCC(=O)N1CCCc2cc([N+](=O)[O-])ccc21)c1ccc(COc2ccccc2)o1. The first-order chi connectivity index (χ1) is 15.5. The number of anilines is 1. The summed E-state index contributed by atoms with van der Waals surface area (Å²) in [6.45, 7) is 0.127. The molecule has 2 heterocycles. The van der Waals surface area contributed by atoms with Crippen LogP contribution in [0.5, 0.6) is 5.75 Å². The second kappa shape index (κ2) is 9.34. The monoisotopic (exact) mass is 436 g/mol. The van der Waals surface area contributed by atoms with Crippen molar-refractivity contribution >= 4 is 23.3 Å². The molecular weight excluding hydrogens is 416 g/mol. The van der Waals surface area contributed by atoms with Crippen molar-refractivity contribution in [3.05, 3.63) is 87.9 Å². The number of ether oxygens (including phenoxy) is 2. The molecule has 32 heavy (non-hydrogen) atoms. The van der Waals surface area contributed by atoms with Crippen molar-refractivity contribution in [2.75, 3.05) is 18.1 Å². The Kier molecular flexibility index (Phi) is 6.16. The maximum Gasteiger partial charge on any atom is 0.374 e. The number of benzene rings is 2. The average molecular weight is 436 g/mol. The fourth-order valence-corrected chi connectivity index (χ4v) is 3.47. The average Bonchev–Trinajstić information content (AvgIpc) is 3.30. The Balaban J connectivity index is 1.33. The minimum atomic E-state index is -0.759. The van der Waals surface area contributed by atoms with Gasteiger partial charge in [-0.25, -0.2) is 4.79 Å². The Morgan fingerprint density at radius 3 is 2.69 bits per heavy atom. The number of fused-ring (bicyclic) bond motifs is 1. The summed E-state index contributed by atoms with van der Waals surface area (Å²) in [5.74, 6) is -0.0823. The van der Waals surface area contributed by atoms with Crippen molar-refractivity contribution in [1.82, 2.24) is 0 Å². The molecule has 0 atom stereocenters. The number of carbonyl (C=O) groups excluding carboxylic acids is 2. The van der Waals surface area contributed by atoms with E-state index in [0.717, 1.165) is 5.56 Å². The van der Waals surface area contributed by atoms with E-state index in [2.05, 4.69) is 0 Å². The molecule has 2 aromatic carbocycles. The number of non-ortho nitro benzene ring substituents is 1. The summed E-state index contributed by atoms with van der Waals surface area (Å²) in [6.07, 6.45) is 1.30. The number of hydrogen-bond donors (Lipinski definition) is 0. The van der Waals surface area contributed by atoms with Crippen molar-refractivity contribution in [1.29, 1.82) is 0 Å². The molecule has 164 valence electrons. The predicted octanol–water partition coefficient (Wildman–Crippen LogP) is 3.90. The lowest BCUT2D eigenvalue weighted by Gasteiger charge is -2.29. The molecule has 9 nitrogen and oxygen atoms in total. The fraction of sp³-hybridized carbons (Fsp3) is 0.217. The number of nitro benzene ring substituents is 1. The minimum absolute atomic E-state index is 0.0191. The molecule has 0 unspecified atom stereocenters. The zero-order valence-electron chi connectivity index (χ0n) is 17.1. The fourth-order valence-electron chi connectivity index (χ4n) is 3.47. The zero-order valence-corrected chi connectivity index (χ0v) is 17.1. The van der Waals surface area contributed by atoms with Crippen LogP contribution in [0.2, 0.25) is 0 Å². The number of amides is 1. The van der Waals surface area contributed by atoms with Crippen LogP contribution in [0.4, 0.5) is 11.4 Å². The highest BCUT2D eigenvalue weighted by Gasteiger charge is 2.25. The van der Waals surface area contributed by atoms with Gasteiger partial charge in [0.25, 0.3) is 11.6 Å². The third-order valence-electron chi connectivity index (χ3n) is 5.01. The second-order valence-corrected chi connectivity index (χ2v) is 7.16. The van der Waals surface area contributed by atoms with E-state index in [1.54, 1.807) is 24.3 Å². The van der Waals surface area contributed by atoms with Gasteiger partial charge >= 0.3 is 5.97 Å². The lowest BCUT2D eigenvalue weighted by molar-refractivity contribution is -0.384. The van der Waals surface area contributed by atoms with Crippen LogP contribution in [0.25, 0.3) is 0 Å². The van der Waals surface area contributed by atoms with Gasteiger partial charge in [-0.3, -0.25) is 14.9 Å². The van der Waals surface area contributed by atoms with Crippen molar-refractivity contribution < 1.29 is 28.4 Å². The zero-order chi connectivity index (χ0) is 22.5. The van der Waals surface area contributed by atoms with E-state index in [4.69, 9.17) is 13.9 Å². The number of rotatable bonds is 7.